The molecule has 0 bridgehead atoms. The highest BCUT2D eigenvalue weighted by atomic mass is 19.1. The van der Waals surface area contributed by atoms with Crippen molar-refractivity contribution in [2.75, 3.05) is 6.61 Å². The largest absolute Gasteiger partial charge is 0.458 e. The number of hydrogen-bond acceptors (Lipinski definition) is 7. The minimum atomic E-state index is -1.96. The monoisotopic (exact) mass is 535 g/mol. The van der Waals surface area contributed by atoms with Crippen LogP contribution in [0.1, 0.15) is 72.9 Å². The van der Waals surface area contributed by atoms with Gasteiger partial charge in [-0.3, -0.25) is 9.59 Å². The van der Waals surface area contributed by atoms with Gasteiger partial charge in [0.2, 0.25) is 5.91 Å². The number of cyclic esters (lactones) is 1. The number of nitrogens with one attached hydrogen (secondary N) is 1. The highest BCUT2D eigenvalue weighted by Crippen LogP contribution is 2.48. The fourth-order valence-electron chi connectivity index (χ4n) is 6.54. The molecule has 6 rings (SSSR count). The van der Waals surface area contributed by atoms with E-state index in [4.69, 9.17) is 9.72 Å². The van der Waals surface area contributed by atoms with E-state index in [0.29, 0.717) is 41.7 Å². The van der Waals surface area contributed by atoms with Gasteiger partial charge < -0.3 is 24.8 Å². The van der Waals surface area contributed by atoms with E-state index in [-0.39, 0.29) is 61.0 Å². The SMILES string of the molecule is CC[C@@]1(O)C(=O)OCc2c1cc1n(c2=O)Cc2c-1nc1cc(F)c(C)c3c1c2C(C)(NC(=O)CCCO)CC3. The first-order chi connectivity index (χ1) is 18.5. The molecule has 0 radical (unpaired) electrons. The maximum Gasteiger partial charge on any atom is 0.343 e. The number of aryl methyl sites for hydroxylation is 1. The number of amides is 1. The van der Waals surface area contributed by atoms with Crippen LogP contribution in [0, 0.1) is 12.7 Å². The highest BCUT2D eigenvalue weighted by Gasteiger charge is 2.46. The number of aromatic nitrogens is 2. The number of rotatable bonds is 5. The van der Waals surface area contributed by atoms with E-state index in [1.807, 2.05) is 6.92 Å². The van der Waals surface area contributed by atoms with Crippen LogP contribution in [0.5, 0.6) is 0 Å². The van der Waals surface area contributed by atoms with Crippen molar-refractivity contribution in [1.82, 2.24) is 14.9 Å². The molecule has 0 saturated heterocycles. The van der Waals surface area contributed by atoms with E-state index in [1.165, 1.54) is 6.07 Å². The van der Waals surface area contributed by atoms with E-state index in [1.54, 1.807) is 24.5 Å². The van der Waals surface area contributed by atoms with Crippen LogP contribution in [-0.4, -0.2) is 38.2 Å². The molecule has 2 aromatic heterocycles. The second-order valence-electron chi connectivity index (χ2n) is 11.0. The molecule has 3 aromatic rings. The van der Waals surface area contributed by atoms with E-state index in [9.17, 15) is 24.6 Å². The molecule has 0 fully saturated rings. The van der Waals surface area contributed by atoms with Gasteiger partial charge in [-0.1, -0.05) is 6.92 Å². The molecule has 1 amide bonds. The molecule has 4 heterocycles. The van der Waals surface area contributed by atoms with Crippen molar-refractivity contribution in [2.24, 2.45) is 0 Å². The Morgan fingerprint density at radius 3 is 2.74 bits per heavy atom. The van der Waals surface area contributed by atoms with Crippen LogP contribution in [0.3, 0.4) is 0 Å². The summed E-state index contributed by atoms with van der Waals surface area (Å²) in [6.45, 7) is 5.15. The summed E-state index contributed by atoms with van der Waals surface area (Å²) in [4.78, 5) is 43.9. The Morgan fingerprint density at radius 2 is 2.03 bits per heavy atom. The lowest BCUT2D eigenvalue weighted by Crippen LogP contribution is -2.46. The third-order valence-corrected chi connectivity index (χ3v) is 8.71. The van der Waals surface area contributed by atoms with E-state index in [2.05, 4.69) is 5.32 Å². The molecule has 3 aliphatic rings. The molecule has 2 aliphatic heterocycles. The summed E-state index contributed by atoms with van der Waals surface area (Å²) < 4.78 is 21.8. The van der Waals surface area contributed by atoms with Crippen LogP contribution >= 0.6 is 0 Å². The molecular weight excluding hydrogens is 505 g/mol. The van der Waals surface area contributed by atoms with E-state index >= 15 is 4.39 Å². The van der Waals surface area contributed by atoms with Gasteiger partial charge in [-0.15, -0.1) is 0 Å². The number of pyridine rings is 2. The molecule has 1 unspecified atom stereocenters. The number of fused-ring (bicyclic) bond motifs is 5. The predicted molar refractivity (Wildman–Crippen MR) is 139 cm³/mol. The Labute approximate surface area is 223 Å². The first kappa shape index (κ1) is 25.6. The summed E-state index contributed by atoms with van der Waals surface area (Å²) in [5, 5.41) is 24.3. The lowest BCUT2D eigenvalue weighted by Gasteiger charge is -2.38. The van der Waals surface area contributed by atoms with Gasteiger partial charge in [-0.05, 0) is 62.3 Å². The Morgan fingerprint density at radius 1 is 1.26 bits per heavy atom. The number of carbonyl (C=O) groups excluding carboxylic acids is 2. The molecular formula is C29H30FN3O6. The van der Waals surface area contributed by atoms with Gasteiger partial charge in [0.1, 0.15) is 12.4 Å². The fraction of sp³-hybridized carbons (Fsp3) is 0.448. The normalized spacial score (nSPS) is 22.8. The lowest BCUT2D eigenvalue weighted by atomic mass is 9.74. The van der Waals surface area contributed by atoms with Crippen LogP contribution in [0.25, 0.3) is 22.3 Å². The number of aliphatic hydroxyl groups is 2. The molecule has 3 N–H and O–H groups in total. The standard InChI is InChI=1S/C29H30FN3O6/c1-4-29(38)18-10-21-25-16(12-33(21)26(36)17(18)13-39-27(29)37)24-23-15(14(2)19(30)11-20(23)31-25)7-8-28(24,3)32-22(35)6-5-9-34/h10-11,34,38H,4-9,12-13H2,1-3H3,(H,32,35)/t28?,29-/m0/s1. The minimum absolute atomic E-state index is 0.0246. The van der Waals surface area contributed by atoms with Crippen LogP contribution in [0.2, 0.25) is 0 Å². The van der Waals surface area contributed by atoms with Gasteiger partial charge in [-0.25, -0.2) is 14.2 Å². The highest BCUT2D eigenvalue weighted by molar-refractivity contribution is 5.94. The quantitative estimate of drug-likeness (QED) is 0.335. The van der Waals surface area contributed by atoms with Gasteiger partial charge in [0.05, 0.1) is 34.6 Å². The van der Waals surface area contributed by atoms with Crippen LogP contribution in [0.4, 0.5) is 4.39 Å². The first-order valence-corrected chi connectivity index (χ1v) is 13.3. The molecule has 0 spiro atoms. The smallest absolute Gasteiger partial charge is 0.343 e. The van der Waals surface area contributed by atoms with Crippen molar-refractivity contribution in [3.8, 4) is 11.4 Å². The number of hydrogen-bond donors (Lipinski definition) is 3. The summed E-state index contributed by atoms with van der Waals surface area (Å²) in [7, 11) is 0. The number of benzene rings is 1. The molecule has 1 aliphatic carbocycles. The van der Waals surface area contributed by atoms with Crippen molar-refractivity contribution in [3.63, 3.8) is 0 Å². The van der Waals surface area contributed by atoms with Crippen LogP contribution < -0.4 is 10.9 Å². The second kappa shape index (κ2) is 8.69. The Bertz CT molecular complexity index is 1660. The summed E-state index contributed by atoms with van der Waals surface area (Å²) in [5.41, 5.74) is 1.46. The third-order valence-electron chi connectivity index (χ3n) is 8.71. The van der Waals surface area contributed by atoms with Gasteiger partial charge in [0.25, 0.3) is 5.56 Å². The maximum atomic E-state index is 15.0. The van der Waals surface area contributed by atoms with Gasteiger partial charge >= 0.3 is 5.97 Å². The summed E-state index contributed by atoms with van der Waals surface area (Å²) in [6.07, 6.45) is 1.57. The molecule has 1 aromatic carbocycles. The van der Waals surface area contributed by atoms with Crippen molar-refractivity contribution in [3.05, 3.63) is 61.7 Å². The molecule has 39 heavy (non-hydrogen) atoms. The zero-order chi connectivity index (χ0) is 27.9. The lowest BCUT2D eigenvalue weighted by molar-refractivity contribution is -0.172. The van der Waals surface area contributed by atoms with Crippen molar-refractivity contribution in [1.29, 1.82) is 0 Å². The molecule has 9 nitrogen and oxygen atoms in total. The number of carbonyl (C=O) groups is 2. The Balaban J connectivity index is 1.63. The summed E-state index contributed by atoms with van der Waals surface area (Å²) in [6, 6.07) is 3.01. The van der Waals surface area contributed by atoms with Crippen LogP contribution in [-0.2, 0) is 45.0 Å². The fourth-order valence-corrected chi connectivity index (χ4v) is 6.54. The summed E-state index contributed by atoms with van der Waals surface area (Å²) in [5.74, 6) is -1.39. The second-order valence-corrected chi connectivity index (χ2v) is 11.0. The van der Waals surface area contributed by atoms with Crippen molar-refractivity contribution in [2.45, 2.75) is 77.2 Å². The van der Waals surface area contributed by atoms with Gasteiger partial charge in [-0.2, -0.15) is 0 Å². The summed E-state index contributed by atoms with van der Waals surface area (Å²) >= 11 is 0. The molecule has 0 saturated carbocycles. The number of ether oxygens (including phenoxy) is 1. The average molecular weight is 536 g/mol. The molecule has 2 atom stereocenters. The van der Waals surface area contributed by atoms with E-state index in [0.717, 1.165) is 22.1 Å². The van der Waals surface area contributed by atoms with E-state index < -0.39 is 17.1 Å². The molecule has 204 valence electrons. The zero-order valence-electron chi connectivity index (χ0n) is 22.1. The number of halogens is 1. The van der Waals surface area contributed by atoms with Crippen LogP contribution in [0.15, 0.2) is 16.9 Å². The van der Waals surface area contributed by atoms with Gasteiger partial charge in [0, 0.05) is 35.6 Å². The molecule has 10 heteroatoms. The van der Waals surface area contributed by atoms with Gasteiger partial charge in [0.15, 0.2) is 5.60 Å². The van der Waals surface area contributed by atoms with Crippen molar-refractivity contribution < 1.29 is 28.9 Å². The Hall–Kier alpha value is -3.63. The minimum Gasteiger partial charge on any atom is -0.458 e. The first-order valence-electron chi connectivity index (χ1n) is 13.3. The Kier molecular flexibility index (Phi) is 5.71. The number of nitrogens with zero attached hydrogens (tertiary/aromatic N) is 2. The number of esters is 1. The topological polar surface area (TPSA) is 131 Å². The average Bonchev–Trinajstić information content (AvgIpc) is 3.27. The third kappa shape index (κ3) is 3.50. The zero-order valence-corrected chi connectivity index (χ0v) is 22.1. The predicted octanol–water partition coefficient (Wildman–Crippen LogP) is 2.58. The maximum absolute atomic E-state index is 15.0. The van der Waals surface area contributed by atoms with Crippen molar-refractivity contribution >= 4 is 22.8 Å². The number of aliphatic hydroxyl groups excluding tert-OH is 1.